The molecule has 0 fully saturated rings. The maximum absolute atomic E-state index is 11.1. The topological polar surface area (TPSA) is 109 Å². The first-order valence-electron chi connectivity index (χ1n) is 5.72. The minimum absolute atomic E-state index is 0.0749. The van der Waals surface area contributed by atoms with Crippen molar-refractivity contribution in [1.82, 2.24) is 4.98 Å². The van der Waals surface area contributed by atoms with Crippen molar-refractivity contribution in [3.05, 3.63) is 53.7 Å². The van der Waals surface area contributed by atoms with Crippen molar-refractivity contribution >= 4 is 15.8 Å². The van der Waals surface area contributed by atoms with Crippen LogP contribution in [0.4, 0.5) is 5.82 Å². The molecule has 0 aliphatic heterocycles. The van der Waals surface area contributed by atoms with Gasteiger partial charge in [-0.3, -0.25) is 0 Å². The van der Waals surface area contributed by atoms with E-state index in [0.29, 0.717) is 18.1 Å². The summed E-state index contributed by atoms with van der Waals surface area (Å²) in [4.78, 5) is 4.15. The van der Waals surface area contributed by atoms with E-state index in [0.717, 1.165) is 5.56 Å². The van der Waals surface area contributed by atoms with Crippen LogP contribution in [0.2, 0.25) is 0 Å². The first-order chi connectivity index (χ1) is 9.49. The van der Waals surface area contributed by atoms with E-state index in [-0.39, 0.29) is 4.90 Å². The lowest BCUT2D eigenvalue weighted by Crippen LogP contribution is -2.12. The van der Waals surface area contributed by atoms with Gasteiger partial charge < -0.3 is 5.32 Å². The third-order valence-electron chi connectivity index (χ3n) is 2.59. The fourth-order valence-electron chi connectivity index (χ4n) is 1.59. The van der Waals surface area contributed by atoms with Crippen LogP contribution in [0, 0.1) is 11.3 Å². The maximum atomic E-state index is 11.1. The largest absolute Gasteiger partial charge is 0.366 e. The third-order valence-corrected chi connectivity index (χ3v) is 3.52. The molecule has 1 aromatic heterocycles. The quantitative estimate of drug-likeness (QED) is 0.879. The molecule has 0 aliphatic carbocycles. The third kappa shape index (κ3) is 3.54. The van der Waals surface area contributed by atoms with E-state index in [9.17, 15) is 8.42 Å². The molecule has 0 spiro atoms. The van der Waals surface area contributed by atoms with Crippen molar-refractivity contribution in [2.45, 2.75) is 11.4 Å². The molecule has 0 amide bonds. The Kier molecular flexibility index (Phi) is 3.98. The normalized spacial score (nSPS) is 10.8. The molecule has 0 saturated carbocycles. The molecular weight excluding hydrogens is 276 g/mol. The Morgan fingerprint density at radius 3 is 2.50 bits per heavy atom. The lowest BCUT2D eigenvalue weighted by atomic mass is 10.2. The van der Waals surface area contributed by atoms with Gasteiger partial charge in [0.05, 0.1) is 4.90 Å². The van der Waals surface area contributed by atoms with Gasteiger partial charge in [-0.15, -0.1) is 0 Å². The van der Waals surface area contributed by atoms with Crippen molar-refractivity contribution in [2.24, 2.45) is 5.14 Å². The predicted molar refractivity (Wildman–Crippen MR) is 74.1 cm³/mol. The van der Waals surface area contributed by atoms with E-state index < -0.39 is 10.0 Å². The van der Waals surface area contributed by atoms with Crippen LogP contribution >= 0.6 is 0 Å². The summed E-state index contributed by atoms with van der Waals surface area (Å²) < 4.78 is 22.2. The van der Waals surface area contributed by atoms with Gasteiger partial charge in [0.25, 0.3) is 0 Å². The summed E-state index contributed by atoms with van der Waals surface area (Å²) >= 11 is 0. The molecule has 7 heteroatoms. The second-order valence-corrected chi connectivity index (χ2v) is 5.62. The zero-order chi connectivity index (χ0) is 14.6. The highest BCUT2D eigenvalue weighted by molar-refractivity contribution is 7.89. The molecule has 0 aliphatic rings. The van der Waals surface area contributed by atoms with Crippen molar-refractivity contribution < 1.29 is 8.42 Å². The number of nitrogens with one attached hydrogen (secondary N) is 1. The number of benzene rings is 1. The molecule has 1 aromatic carbocycles. The standard InChI is InChI=1S/C13H12N4O2S/c14-8-11-2-1-3-13(17-11)16-9-10-4-6-12(7-5-10)20(15,18)19/h1-7H,9H2,(H,16,17)(H2,15,18,19). The van der Waals surface area contributed by atoms with E-state index in [1.165, 1.54) is 12.1 Å². The highest BCUT2D eigenvalue weighted by atomic mass is 32.2. The second kappa shape index (κ2) is 5.69. The number of hydrogen-bond donors (Lipinski definition) is 2. The van der Waals surface area contributed by atoms with Crippen LogP contribution in [-0.4, -0.2) is 13.4 Å². The van der Waals surface area contributed by atoms with Crippen LogP contribution in [-0.2, 0) is 16.6 Å². The van der Waals surface area contributed by atoms with Crippen molar-refractivity contribution in [3.63, 3.8) is 0 Å². The number of nitrogens with two attached hydrogens (primary N) is 1. The van der Waals surface area contributed by atoms with Gasteiger partial charge in [-0.2, -0.15) is 5.26 Å². The van der Waals surface area contributed by atoms with Gasteiger partial charge >= 0.3 is 0 Å². The summed E-state index contributed by atoms with van der Waals surface area (Å²) in [7, 11) is -3.66. The molecular formula is C13H12N4O2S. The molecule has 1 heterocycles. The summed E-state index contributed by atoms with van der Waals surface area (Å²) in [6, 6.07) is 13.3. The lowest BCUT2D eigenvalue weighted by Gasteiger charge is -2.06. The smallest absolute Gasteiger partial charge is 0.238 e. The van der Waals surface area contributed by atoms with Gasteiger partial charge in [0.2, 0.25) is 10.0 Å². The molecule has 3 N–H and O–H groups in total. The molecule has 102 valence electrons. The summed E-state index contributed by atoms with van der Waals surface area (Å²) in [6.07, 6.45) is 0. The molecule has 2 aromatic rings. The molecule has 0 saturated heterocycles. The van der Waals surface area contributed by atoms with Crippen LogP contribution in [0.1, 0.15) is 11.3 Å². The zero-order valence-corrected chi connectivity index (χ0v) is 11.3. The number of nitrogens with zero attached hydrogens (tertiary/aromatic N) is 2. The fraction of sp³-hybridized carbons (Fsp3) is 0.0769. The number of pyridine rings is 1. The minimum Gasteiger partial charge on any atom is -0.366 e. The number of aromatic nitrogens is 1. The molecule has 0 atom stereocenters. The zero-order valence-electron chi connectivity index (χ0n) is 10.4. The Morgan fingerprint density at radius 2 is 1.90 bits per heavy atom. The van der Waals surface area contributed by atoms with Crippen molar-refractivity contribution in [1.29, 1.82) is 5.26 Å². The Balaban J connectivity index is 2.06. The Morgan fingerprint density at radius 1 is 1.20 bits per heavy atom. The monoisotopic (exact) mass is 288 g/mol. The highest BCUT2D eigenvalue weighted by Crippen LogP contribution is 2.11. The van der Waals surface area contributed by atoms with Gasteiger partial charge in [-0.1, -0.05) is 18.2 Å². The van der Waals surface area contributed by atoms with Crippen LogP contribution < -0.4 is 10.5 Å². The number of hydrogen-bond acceptors (Lipinski definition) is 5. The van der Waals surface area contributed by atoms with Gasteiger partial charge in [-0.05, 0) is 29.8 Å². The van der Waals surface area contributed by atoms with Crippen molar-refractivity contribution in [3.8, 4) is 6.07 Å². The van der Waals surface area contributed by atoms with Crippen LogP contribution in [0.15, 0.2) is 47.4 Å². The first kappa shape index (κ1) is 14.0. The van der Waals surface area contributed by atoms with Crippen LogP contribution in [0.5, 0.6) is 0 Å². The lowest BCUT2D eigenvalue weighted by molar-refractivity contribution is 0.598. The second-order valence-electron chi connectivity index (χ2n) is 4.06. The van der Waals surface area contributed by atoms with E-state index >= 15 is 0 Å². The Hall–Kier alpha value is -2.43. The number of anilines is 1. The van der Waals surface area contributed by atoms with Crippen molar-refractivity contribution in [2.75, 3.05) is 5.32 Å². The molecule has 0 bridgehead atoms. The van der Waals surface area contributed by atoms with E-state index in [4.69, 9.17) is 10.4 Å². The van der Waals surface area contributed by atoms with Crippen LogP contribution in [0.25, 0.3) is 0 Å². The summed E-state index contributed by atoms with van der Waals surface area (Å²) in [5.74, 6) is 0.583. The number of sulfonamides is 1. The maximum Gasteiger partial charge on any atom is 0.238 e. The Bertz CT molecular complexity index is 749. The molecule has 0 unspecified atom stereocenters. The first-order valence-corrected chi connectivity index (χ1v) is 7.26. The molecule has 0 radical (unpaired) electrons. The number of primary sulfonamides is 1. The van der Waals surface area contributed by atoms with Gasteiger partial charge in [0.1, 0.15) is 17.6 Å². The molecule has 6 nitrogen and oxygen atoms in total. The van der Waals surface area contributed by atoms with E-state index in [1.54, 1.807) is 30.3 Å². The summed E-state index contributed by atoms with van der Waals surface area (Å²) in [5.41, 5.74) is 1.21. The van der Waals surface area contributed by atoms with Gasteiger partial charge in [0.15, 0.2) is 0 Å². The average Bonchev–Trinajstić information content (AvgIpc) is 2.45. The predicted octanol–water partition coefficient (Wildman–Crippen LogP) is 1.21. The molecule has 2 rings (SSSR count). The summed E-state index contributed by atoms with van der Waals surface area (Å²) in [5, 5.41) is 16.8. The average molecular weight is 288 g/mol. The summed E-state index contributed by atoms with van der Waals surface area (Å²) in [6.45, 7) is 0.465. The highest BCUT2D eigenvalue weighted by Gasteiger charge is 2.06. The fourth-order valence-corrected chi connectivity index (χ4v) is 2.10. The van der Waals surface area contributed by atoms with Gasteiger partial charge in [-0.25, -0.2) is 18.5 Å². The van der Waals surface area contributed by atoms with Crippen LogP contribution in [0.3, 0.4) is 0 Å². The van der Waals surface area contributed by atoms with E-state index in [1.807, 2.05) is 6.07 Å². The number of nitriles is 1. The molecule has 20 heavy (non-hydrogen) atoms. The SMILES string of the molecule is N#Cc1cccc(NCc2ccc(S(N)(=O)=O)cc2)n1. The van der Waals surface area contributed by atoms with E-state index in [2.05, 4.69) is 10.3 Å². The minimum atomic E-state index is -3.66. The number of rotatable bonds is 4. The van der Waals surface area contributed by atoms with Gasteiger partial charge in [0, 0.05) is 6.54 Å². The Labute approximate surface area is 116 Å².